The molecule has 1 aliphatic rings. The van der Waals surface area contributed by atoms with Crippen LogP contribution in [0.25, 0.3) is 0 Å². The molecule has 0 radical (unpaired) electrons. The summed E-state index contributed by atoms with van der Waals surface area (Å²) in [6.07, 6.45) is 1.93. The molecular formula is C20H30N4O6. The topological polar surface area (TPSA) is 140 Å². The second kappa shape index (κ2) is 10.7. The molecule has 1 fully saturated rings. The van der Waals surface area contributed by atoms with Crippen molar-refractivity contribution in [1.82, 2.24) is 21.1 Å². The number of piperidine rings is 1. The average molecular weight is 422 g/mol. The Morgan fingerprint density at radius 2 is 2.03 bits per heavy atom. The molecule has 0 bridgehead atoms. The van der Waals surface area contributed by atoms with Gasteiger partial charge in [0.05, 0.1) is 7.11 Å². The summed E-state index contributed by atoms with van der Waals surface area (Å²) in [5.41, 5.74) is 0.0671. The standard InChI is InChI=1S/C20H30N4O6/c1-11(2)8-14(22-19(27)15-9-12(3)30-24-15)18(26)23-16(20(28)29-4)10-13-6-5-7-21-17(13)25/h9,11,13-14,16H,5-8,10H2,1-4H3,(H,21,25)(H,22,27)(H,23,26)/t13-,14-,16-/m0/s1. The first-order chi connectivity index (χ1) is 14.2. The van der Waals surface area contributed by atoms with E-state index in [1.165, 1.54) is 13.2 Å². The van der Waals surface area contributed by atoms with Gasteiger partial charge in [0, 0.05) is 18.5 Å². The van der Waals surface area contributed by atoms with Gasteiger partial charge in [0.25, 0.3) is 5.91 Å². The van der Waals surface area contributed by atoms with Crippen LogP contribution < -0.4 is 16.0 Å². The minimum Gasteiger partial charge on any atom is -0.467 e. The zero-order valence-corrected chi connectivity index (χ0v) is 17.8. The number of amides is 3. The molecule has 0 aliphatic carbocycles. The molecule has 10 nitrogen and oxygen atoms in total. The van der Waals surface area contributed by atoms with Crippen LogP contribution in [0.3, 0.4) is 0 Å². The lowest BCUT2D eigenvalue weighted by atomic mass is 9.91. The number of carbonyl (C=O) groups excluding carboxylic acids is 4. The number of esters is 1. The van der Waals surface area contributed by atoms with Gasteiger partial charge in [0.15, 0.2) is 5.69 Å². The Hall–Kier alpha value is -2.91. The van der Waals surface area contributed by atoms with Crippen molar-refractivity contribution < 1.29 is 28.4 Å². The molecule has 3 amide bonds. The first kappa shape index (κ1) is 23.4. The van der Waals surface area contributed by atoms with Crippen LogP contribution in [0.2, 0.25) is 0 Å². The lowest BCUT2D eigenvalue weighted by Crippen LogP contribution is -2.53. The normalized spacial score (nSPS) is 18.3. The summed E-state index contributed by atoms with van der Waals surface area (Å²) in [7, 11) is 1.22. The van der Waals surface area contributed by atoms with Crippen LogP contribution in [-0.4, -0.2) is 54.6 Å². The smallest absolute Gasteiger partial charge is 0.328 e. The van der Waals surface area contributed by atoms with Gasteiger partial charge in [-0.15, -0.1) is 0 Å². The first-order valence-corrected chi connectivity index (χ1v) is 10.1. The number of hydrogen-bond donors (Lipinski definition) is 3. The van der Waals surface area contributed by atoms with Crippen molar-refractivity contribution in [1.29, 1.82) is 0 Å². The van der Waals surface area contributed by atoms with E-state index in [-0.39, 0.29) is 29.9 Å². The van der Waals surface area contributed by atoms with Crippen LogP contribution in [-0.2, 0) is 19.1 Å². The van der Waals surface area contributed by atoms with Crippen LogP contribution >= 0.6 is 0 Å². The van der Waals surface area contributed by atoms with E-state index < -0.39 is 29.9 Å². The molecule has 1 aromatic rings. The lowest BCUT2D eigenvalue weighted by Gasteiger charge is -2.27. The number of carbonyl (C=O) groups is 4. The number of rotatable bonds is 9. The molecule has 30 heavy (non-hydrogen) atoms. The minimum atomic E-state index is -0.989. The molecule has 166 valence electrons. The Balaban J connectivity index is 2.10. The maximum absolute atomic E-state index is 12.9. The van der Waals surface area contributed by atoms with E-state index >= 15 is 0 Å². The second-order valence-corrected chi connectivity index (χ2v) is 7.93. The molecule has 0 unspecified atom stereocenters. The molecule has 2 rings (SSSR count). The summed E-state index contributed by atoms with van der Waals surface area (Å²) in [6.45, 7) is 6.09. The molecule has 1 aromatic heterocycles. The number of hydrogen-bond acceptors (Lipinski definition) is 7. The van der Waals surface area contributed by atoms with Gasteiger partial charge < -0.3 is 25.2 Å². The van der Waals surface area contributed by atoms with Gasteiger partial charge in [-0.3, -0.25) is 14.4 Å². The molecule has 0 aromatic carbocycles. The highest BCUT2D eigenvalue weighted by molar-refractivity contribution is 5.97. The van der Waals surface area contributed by atoms with Crippen LogP contribution in [0.5, 0.6) is 0 Å². The quantitative estimate of drug-likeness (QED) is 0.498. The van der Waals surface area contributed by atoms with E-state index in [1.54, 1.807) is 6.92 Å². The Bertz CT molecular complexity index is 775. The molecule has 3 N–H and O–H groups in total. The summed E-state index contributed by atoms with van der Waals surface area (Å²) in [4.78, 5) is 49.7. The Kier molecular flexibility index (Phi) is 8.37. The largest absolute Gasteiger partial charge is 0.467 e. The molecule has 2 heterocycles. The van der Waals surface area contributed by atoms with E-state index in [0.29, 0.717) is 25.1 Å². The highest BCUT2D eigenvalue weighted by Crippen LogP contribution is 2.18. The van der Waals surface area contributed by atoms with Crippen molar-refractivity contribution in [3.05, 3.63) is 17.5 Å². The fourth-order valence-corrected chi connectivity index (χ4v) is 3.38. The average Bonchev–Trinajstić information content (AvgIpc) is 3.14. The first-order valence-electron chi connectivity index (χ1n) is 10.1. The number of nitrogens with one attached hydrogen (secondary N) is 3. The van der Waals surface area contributed by atoms with E-state index in [2.05, 4.69) is 21.1 Å². The third-order valence-corrected chi connectivity index (χ3v) is 4.91. The third kappa shape index (κ3) is 6.57. The van der Waals surface area contributed by atoms with Crippen molar-refractivity contribution in [3.8, 4) is 0 Å². The van der Waals surface area contributed by atoms with Crippen LogP contribution in [0.4, 0.5) is 0 Å². The van der Waals surface area contributed by atoms with Gasteiger partial charge in [-0.25, -0.2) is 4.79 Å². The summed E-state index contributed by atoms with van der Waals surface area (Å²) in [5, 5.41) is 11.7. The van der Waals surface area contributed by atoms with Crippen molar-refractivity contribution >= 4 is 23.7 Å². The van der Waals surface area contributed by atoms with Crippen LogP contribution in [0.15, 0.2) is 10.6 Å². The van der Waals surface area contributed by atoms with Gasteiger partial charge in [-0.1, -0.05) is 19.0 Å². The number of ether oxygens (including phenoxy) is 1. The van der Waals surface area contributed by atoms with Gasteiger partial charge in [-0.05, 0) is 38.5 Å². The molecule has 0 spiro atoms. The molecule has 10 heteroatoms. The highest BCUT2D eigenvalue weighted by atomic mass is 16.5. The predicted molar refractivity (Wildman–Crippen MR) is 106 cm³/mol. The Morgan fingerprint density at radius 1 is 1.30 bits per heavy atom. The van der Waals surface area contributed by atoms with Gasteiger partial charge in [0.1, 0.15) is 17.8 Å². The van der Waals surface area contributed by atoms with Crippen molar-refractivity contribution in [3.63, 3.8) is 0 Å². The molecule has 1 aliphatic heterocycles. The Morgan fingerprint density at radius 3 is 2.60 bits per heavy atom. The van der Waals surface area contributed by atoms with Crippen LogP contribution in [0, 0.1) is 18.8 Å². The van der Waals surface area contributed by atoms with Crippen molar-refractivity contribution in [2.75, 3.05) is 13.7 Å². The molecule has 0 saturated carbocycles. The summed E-state index contributed by atoms with van der Waals surface area (Å²) in [5.74, 6) is -1.67. The maximum atomic E-state index is 12.9. The Labute approximate surface area is 175 Å². The zero-order chi connectivity index (χ0) is 22.3. The van der Waals surface area contributed by atoms with E-state index in [1.807, 2.05) is 13.8 Å². The zero-order valence-electron chi connectivity index (χ0n) is 17.8. The molecule has 1 saturated heterocycles. The monoisotopic (exact) mass is 422 g/mol. The minimum absolute atomic E-state index is 0.0671. The summed E-state index contributed by atoms with van der Waals surface area (Å²) < 4.78 is 9.71. The van der Waals surface area contributed by atoms with E-state index in [9.17, 15) is 19.2 Å². The molecular weight excluding hydrogens is 392 g/mol. The molecule has 3 atom stereocenters. The summed E-state index contributed by atoms with van der Waals surface area (Å²) in [6, 6.07) is -0.405. The van der Waals surface area contributed by atoms with Gasteiger partial charge >= 0.3 is 5.97 Å². The highest BCUT2D eigenvalue weighted by Gasteiger charge is 2.33. The van der Waals surface area contributed by atoms with E-state index in [4.69, 9.17) is 9.26 Å². The fraction of sp³-hybridized carbons (Fsp3) is 0.650. The lowest BCUT2D eigenvalue weighted by molar-refractivity contribution is -0.146. The maximum Gasteiger partial charge on any atom is 0.328 e. The number of aryl methyl sites for hydroxylation is 1. The second-order valence-electron chi connectivity index (χ2n) is 7.93. The summed E-state index contributed by atoms with van der Waals surface area (Å²) >= 11 is 0. The SMILES string of the molecule is COC(=O)[C@H](C[C@@H]1CCCNC1=O)NC(=O)[C@H](CC(C)C)NC(=O)c1cc(C)on1. The van der Waals surface area contributed by atoms with Crippen molar-refractivity contribution in [2.24, 2.45) is 11.8 Å². The number of aromatic nitrogens is 1. The number of methoxy groups -OCH3 is 1. The van der Waals surface area contributed by atoms with Gasteiger partial charge in [-0.2, -0.15) is 0 Å². The van der Waals surface area contributed by atoms with E-state index in [0.717, 1.165) is 6.42 Å². The number of nitrogens with zero attached hydrogens (tertiary/aromatic N) is 1. The van der Waals surface area contributed by atoms with Crippen molar-refractivity contribution in [2.45, 2.75) is 58.5 Å². The predicted octanol–water partition coefficient (Wildman–Crippen LogP) is 0.702. The van der Waals surface area contributed by atoms with Crippen LogP contribution in [0.1, 0.15) is 55.8 Å². The van der Waals surface area contributed by atoms with Gasteiger partial charge in [0.2, 0.25) is 11.8 Å². The fourth-order valence-electron chi connectivity index (χ4n) is 3.38. The third-order valence-electron chi connectivity index (χ3n) is 4.91.